The van der Waals surface area contributed by atoms with Crippen molar-refractivity contribution in [2.45, 2.75) is 51.7 Å². The molecule has 0 aromatic heterocycles. The predicted molar refractivity (Wildman–Crippen MR) is 82.9 cm³/mol. The molecule has 1 aliphatic heterocycles. The number of nitro groups is 1. The summed E-state index contributed by atoms with van der Waals surface area (Å²) in [6, 6.07) is 3.10. The summed E-state index contributed by atoms with van der Waals surface area (Å²) in [5, 5.41) is 10.8. The van der Waals surface area contributed by atoms with Crippen molar-refractivity contribution < 1.29 is 23.6 Å². The molecule has 1 aromatic rings. The van der Waals surface area contributed by atoms with Gasteiger partial charge in [-0.1, -0.05) is 6.07 Å². The summed E-state index contributed by atoms with van der Waals surface area (Å²) in [6.45, 7) is 5.09. The molecule has 24 heavy (non-hydrogen) atoms. The van der Waals surface area contributed by atoms with Crippen LogP contribution in [0.15, 0.2) is 18.2 Å². The highest BCUT2D eigenvalue weighted by Crippen LogP contribution is 2.27. The van der Waals surface area contributed by atoms with Crippen LogP contribution < -0.4 is 0 Å². The zero-order chi connectivity index (χ0) is 18.1. The zero-order valence-corrected chi connectivity index (χ0v) is 13.7. The maximum absolute atomic E-state index is 13.4. The Hall–Kier alpha value is -2.51. The van der Waals surface area contributed by atoms with Gasteiger partial charge >= 0.3 is 11.8 Å². The topological polar surface area (TPSA) is 89.8 Å². The van der Waals surface area contributed by atoms with E-state index in [1.54, 1.807) is 20.8 Å². The normalized spacial score (nSPS) is 17.9. The second-order valence-corrected chi connectivity index (χ2v) is 6.68. The lowest BCUT2D eigenvalue weighted by molar-refractivity contribution is -0.387. The number of carbonyl (C=O) groups is 2. The average molecular weight is 338 g/mol. The molecule has 0 saturated carbocycles. The van der Waals surface area contributed by atoms with Crippen molar-refractivity contribution in [1.82, 2.24) is 4.90 Å². The highest BCUT2D eigenvalue weighted by Gasteiger charge is 2.38. The van der Waals surface area contributed by atoms with E-state index in [-0.39, 0.29) is 18.7 Å². The number of amides is 2. The number of benzene rings is 1. The van der Waals surface area contributed by atoms with E-state index in [0.717, 1.165) is 17.0 Å². The molecular weight excluding hydrogens is 319 g/mol. The summed E-state index contributed by atoms with van der Waals surface area (Å²) < 4.78 is 18.6. The Morgan fingerprint density at radius 1 is 1.46 bits per heavy atom. The first kappa shape index (κ1) is 17.8. The van der Waals surface area contributed by atoms with E-state index >= 15 is 0 Å². The lowest BCUT2D eigenvalue weighted by atomic mass is 10.0. The van der Waals surface area contributed by atoms with Crippen LogP contribution in [0.4, 0.5) is 14.9 Å². The first-order valence-electron chi connectivity index (χ1n) is 7.56. The van der Waals surface area contributed by atoms with E-state index in [0.29, 0.717) is 12.0 Å². The molecule has 130 valence electrons. The number of nitro benzene ring substituents is 1. The van der Waals surface area contributed by atoms with Crippen molar-refractivity contribution in [3.05, 3.63) is 39.7 Å². The first-order chi connectivity index (χ1) is 11.1. The zero-order valence-electron chi connectivity index (χ0n) is 13.7. The number of halogens is 1. The van der Waals surface area contributed by atoms with Gasteiger partial charge in [-0.05, 0) is 45.2 Å². The molecule has 0 unspecified atom stereocenters. The van der Waals surface area contributed by atoms with E-state index in [9.17, 15) is 24.1 Å². The highest BCUT2D eigenvalue weighted by atomic mass is 19.1. The summed E-state index contributed by atoms with van der Waals surface area (Å²) in [5.41, 5.74) is -0.879. The summed E-state index contributed by atoms with van der Waals surface area (Å²) in [6.07, 6.45) is 0.120. The molecule has 1 fully saturated rings. The number of rotatable bonds is 3. The number of ether oxygens (including phenoxy) is 1. The van der Waals surface area contributed by atoms with E-state index in [1.165, 1.54) is 6.07 Å². The van der Waals surface area contributed by atoms with Crippen molar-refractivity contribution in [3.63, 3.8) is 0 Å². The van der Waals surface area contributed by atoms with Gasteiger partial charge < -0.3 is 4.74 Å². The van der Waals surface area contributed by atoms with Crippen LogP contribution in [-0.2, 0) is 16.0 Å². The van der Waals surface area contributed by atoms with E-state index in [1.807, 2.05) is 0 Å². The molecule has 0 spiro atoms. The SMILES string of the molecule is CC(C)(C)OC(=O)N1C(=O)CC[C@H]1Cc1ccc(F)c([N+](=O)[O-])c1. The van der Waals surface area contributed by atoms with Gasteiger partial charge in [-0.3, -0.25) is 14.9 Å². The molecular formula is C16H19FN2O5. The molecule has 1 aromatic carbocycles. The van der Waals surface area contributed by atoms with Gasteiger partial charge in [0.1, 0.15) is 5.60 Å². The Balaban J connectivity index is 2.19. The van der Waals surface area contributed by atoms with E-state index in [2.05, 4.69) is 0 Å². The number of nitrogens with zero attached hydrogens (tertiary/aromatic N) is 2. The number of hydrogen-bond donors (Lipinski definition) is 0. The minimum absolute atomic E-state index is 0.202. The van der Waals surface area contributed by atoms with Crippen molar-refractivity contribution in [2.75, 3.05) is 0 Å². The number of carbonyl (C=O) groups excluding carboxylic acids is 2. The maximum atomic E-state index is 13.4. The van der Waals surface area contributed by atoms with Gasteiger partial charge in [-0.25, -0.2) is 9.69 Å². The summed E-state index contributed by atoms with van der Waals surface area (Å²) in [4.78, 5) is 35.3. The van der Waals surface area contributed by atoms with Crippen LogP contribution in [-0.4, -0.2) is 33.5 Å². The standard InChI is InChI=1S/C16H19FN2O5/c1-16(2,3)24-15(21)18-11(5-7-14(18)20)8-10-4-6-12(17)13(9-10)19(22)23/h4,6,9,11H,5,7-8H2,1-3H3/t11-/m0/s1. The minimum Gasteiger partial charge on any atom is -0.443 e. The van der Waals surface area contributed by atoms with Gasteiger partial charge in [-0.2, -0.15) is 4.39 Å². The fourth-order valence-electron chi connectivity index (χ4n) is 2.60. The molecule has 7 nitrogen and oxygen atoms in total. The van der Waals surface area contributed by atoms with Crippen LogP contribution in [0.2, 0.25) is 0 Å². The van der Waals surface area contributed by atoms with Crippen LogP contribution in [0.1, 0.15) is 39.2 Å². The van der Waals surface area contributed by atoms with Gasteiger partial charge in [0.25, 0.3) is 0 Å². The Labute approximate surface area is 138 Å². The monoisotopic (exact) mass is 338 g/mol. The Morgan fingerprint density at radius 3 is 2.71 bits per heavy atom. The maximum Gasteiger partial charge on any atom is 0.417 e. The molecule has 8 heteroatoms. The Bertz CT molecular complexity index is 684. The highest BCUT2D eigenvalue weighted by molar-refractivity contribution is 5.94. The molecule has 0 N–H and O–H groups in total. The molecule has 1 atom stereocenters. The third kappa shape index (κ3) is 4.06. The first-order valence-corrected chi connectivity index (χ1v) is 7.56. The summed E-state index contributed by atoms with van der Waals surface area (Å²) in [5.74, 6) is -1.26. The Kier molecular flexibility index (Phi) is 4.86. The van der Waals surface area contributed by atoms with Gasteiger partial charge in [0, 0.05) is 18.5 Å². The molecule has 1 aliphatic rings. The van der Waals surface area contributed by atoms with Crippen LogP contribution >= 0.6 is 0 Å². The fraction of sp³-hybridized carbons (Fsp3) is 0.500. The lowest BCUT2D eigenvalue weighted by Gasteiger charge is -2.27. The van der Waals surface area contributed by atoms with E-state index in [4.69, 9.17) is 4.74 Å². The largest absolute Gasteiger partial charge is 0.443 e. The molecule has 1 saturated heterocycles. The van der Waals surface area contributed by atoms with E-state index < -0.39 is 34.2 Å². The predicted octanol–water partition coefficient (Wildman–Crippen LogP) is 3.20. The molecule has 2 amide bonds. The van der Waals surface area contributed by atoms with Gasteiger partial charge in [0.05, 0.1) is 4.92 Å². The molecule has 0 aliphatic carbocycles. The molecule has 1 heterocycles. The van der Waals surface area contributed by atoms with Crippen molar-refractivity contribution >= 4 is 17.7 Å². The van der Waals surface area contributed by atoms with Crippen LogP contribution in [0, 0.1) is 15.9 Å². The number of imide groups is 1. The van der Waals surface area contributed by atoms with Gasteiger partial charge in [0.15, 0.2) is 0 Å². The number of likely N-dealkylation sites (tertiary alicyclic amines) is 1. The van der Waals surface area contributed by atoms with Crippen molar-refractivity contribution in [3.8, 4) is 0 Å². The second-order valence-electron chi connectivity index (χ2n) is 6.68. The fourth-order valence-corrected chi connectivity index (χ4v) is 2.60. The molecule has 0 radical (unpaired) electrons. The summed E-state index contributed by atoms with van der Waals surface area (Å²) >= 11 is 0. The quantitative estimate of drug-likeness (QED) is 0.623. The van der Waals surface area contributed by atoms with Crippen LogP contribution in [0.5, 0.6) is 0 Å². The average Bonchev–Trinajstić information content (AvgIpc) is 2.79. The van der Waals surface area contributed by atoms with Crippen LogP contribution in [0.3, 0.4) is 0 Å². The van der Waals surface area contributed by atoms with Gasteiger partial charge in [-0.15, -0.1) is 0 Å². The second kappa shape index (κ2) is 6.54. The summed E-state index contributed by atoms with van der Waals surface area (Å²) in [7, 11) is 0. The third-order valence-corrected chi connectivity index (χ3v) is 3.59. The third-order valence-electron chi connectivity index (χ3n) is 3.59. The van der Waals surface area contributed by atoms with Gasteiger partial charge in [0.2, 0.25) is 11.7 Å². The smallest absolute Gasteiger partial charge is 0.417 e. The molecule has 2 rings (SSSR count). The van der Waals surface area contributed by atoms with Crippen molar-refractivity contribution in [2.24, 2.45) is 0 Å². The van der Waals surface area contributed by atoms with Crippen molar-refractivity contribution in [1.29, 1.82) is 0 Å². The lowest BCUT2D eigenvalue weighted by Crippen LogP contribution is -2.43. The number of hydrogen-bond acceptors (Lipinski definition) is 5. The Morgan fingerprint density at radius 2 is 2.12 bits per heavy atom. The van der Waals surface area contributed by atoms with Crippen LogP contribution in [0.25, 0.3) is 0 Å². The minimum atomic E-state index is -0.921. The molecule has 0 bridgehead atoms.